The Kier molecular flexibility index (Phi) is 15.4. The van der Waals surface area contributed by atoms with E-state index in [0.717, 1.165) is 17.5 Å². The van der Waals surface area contributed by atoms with Crippen molar-refractivity contribution in [2.75, 3.05) is 0 Å². The molecule has 5 rings (SSSR count). The highest BCUT2D eigenvalue weighted by Crippen LogP contribution is 2.19. The van der Waals surface area contributed by atoms with E-state index in [4.69, 9.17) is 11.6 Å². The summed E-state index contributed by atoms with van der Waals surface area (Å²) in [6.45, 7) is 17.2. The Morgan fingerprint density at radius 3 is 1.39 bits per heavy atom. The maximum absolute atomic E-state index is 13.1. The number of hydrazine groups is 2. The number of hydrogen-bond acceptors (Lipinski definition) is 5. The van der Waals surface area contributed by atoms with Gasteiger partial charge in [-0.2, -0.15) is 0 Å². The number of carbonyl (C=O) groups excluding carboxylic acids is 4. The molecule has 54 heavy (non-hydrogen) atoms. The molecule has 9 nitrogen and oxygen atoms in total. The van der Waals surface area contributed by atoms with Crippen LogP contribution in [-0.4, -0.2) is 44.7 Å². The number of furan rings is 1. The first-order valence-corrected chi connectivity index (χ1v) is 18.0. The average molecular weight is 751 g/mol. The van der Waals surface area contributed by atoms with E-state index in [2.05, 4.69) is 22.2 Å². The lowest BCUT2D eigenvalue weighted by Crippen LogP contribution is -2.55. The molecule has 1 aromatic heterocycles. The summed E-state index contributed by atoms with van der Waals surface area (Å²) in [6.07, 6.45) is 4.17. The van der Waals surface area contributed by atoms with Crippen LogP contribution in [0.15, 0.2) is 126 Å². The SMILES string of the molecule is CC(C)(C)N(NC(=O)c1ccc(Cl)cc1)C(=O)c1ccccc1.CCc1ccc(C(=O)NN(C(=O)c2cc(C)cc(C)c2)C(C)(C)C)cc1.c1ccoc1. The summed E-state index contributed by atoms with van der Waals surface area (Å²) >= 11 is 5.83. The number of amides is 4. The van der Waals surface area contributed by atoms with Crippen molar-refractivity contribution >= 4 is 35.2 Å². The molecule has 5 aromatic rings. The van der Waals surface area contributed by atoms with Crippen LogP contribution in [0.5, 0.6) is 0 Å². The van der Waals surface area contributed by atoms with E-state index in [0.29, 0.717) is 27.3 Å². The molecular weight excluding hydrogens is 700 g/mol. The number of hydrogen-bond donors (Lipinski definition) is 2. The van der Waals surface area contributed by atoms with Gasteiger partial charge < -0.3 is 4.42 Å². The highest BCUT2D eigenvalue weighted by atomic mass is 35.5. The highest BCUT2D eigenvalue weighted by Gasteiger charge is 2.31. The first kappa shape index (κ1) is 42.7. The minimum Gasteiger partial charge on any atom is -0.473 e. The van der Waals surface area contributed by atoms with E-state index in [1.165, 1.54) is 15.6 Å². The molecule has 0 aliphatic carbocycles. The smallest absolute Gasteiger partial charge is 0.272 e. The van der Waals surface area contributed by atoms with Crippen LogP contribution in [0.25, 0.3) is 0 Å². The summed E-state index contributed by atoms with van der Waals surface area (Å²) in [7, 11) is 0. The Hall–Kier alpha value is -5.67. The summed E-state index contributed by atoms with van der Waals surface area (Å²) in [4.78, 5) is 50.8. The predicted octanol–water partition coefficient (Wildman–Crippen LogP) is 9.66. The fraction of sp³-hybridized carbons (Fsp3) is 0.273. The molecular formula is C44H51ClN4O5. The van der Waals surface area contributed by atoms with Crippen LogP contribution < -0.4 is 10.9 Å². The second kappa shape index (κ2) is 19.4. The van der Waals surface area contributed by atoms with Crippen molar-refractivity contribution in [1.29, 1.82) is 0 Å². The lowest BCUT2D eigenvalue weighted by atomic mass is 10.0. The average Bonchev–Trinajstić information content (AvgIpc) is 3.72. The van der Waals surface area contributed by atoms with Gasteiger partial charge in [-0.05, 0) is 140 Å². The van der Waals surface area contributed by atoms with Crippen molar-refractivity contribution in [2.45, 2.75) is 79.8 Å². The molecule has 1 heterocycles. The molecule has 0 bridgehead atoms. The molecule has 10 heteroatoms. The van der Waals surface area contributed by atoms with Gasteiger partial charge in [0, 0.05) is 27.3 Å². The van der Waals surface area contributed by atoms with Crippen molar-refractivity contribution in [3.05, 3.63) is 166 Å². The van der Waals surface area contributed by atoms with Gasteiger partial charge in [-0.3, -0.25) is 30.0 Å². The third-order valence-electron chi connectivity index (χ3n) is 7.82. The first-order valence-electron chi connectivity index (χ1n) is 17.7. The largest absolute Gasteiger partial charge is 0.473 e. The van der Waals surface area contributed by atoms with Crippen LogP contribution in [0.2, 0.25) is 5.02 Å². The van der Waals surface area contributed by atoms with Gasteiger partial charge in [-0.15, -0.1) is 0 Å². The van der Waals surface area contributed by atoms with Gasteiger partial charge in [-0.1, -0.05) is 66.0 Å². The quantitative estimate of drug-likeness (QED) is 0.174. The van der Waals surface area contributed by atoms with Gasteiger partial charge >= 0.3 is 0 Å². The van der Waals surface area contributed by atoms with Gasteiger partial charge in [0.2, 0.25) is 0 Å². The zero-order valence-electron chi connectivity index (χ0n) is 32.6. The molecule has 284 valence electrons. The maximum Gasteiger partial charge on any atom is 0.272 e. The van der Waals surface area contributed by atoms with Crippen LogP contribution in [0.4, 0.5) is 0 Å². The van der Waals surface area contributed by atoms with Crippen molar-refractivity contribution in [3.8, 4) is 0 Å². The minimum absolute atomic E-state index is 0.220. The summed E-state index contributed by atoms with van der Waals surface area (Å²) in [5.41, 5.74) is 9.60. The Balaban J connectivity index is 0.000000258. The van der Waals surface area contributed by atoms with Crippen LogP contribution in [-0.2, 0) is 6.42 Å². The molecule has 4 aromatic carbocycles. The van der Waals surface area contributed by atoms with E-state index in [1.807, 2.05) is 104 Å². The second-order valence-corrected chi connectivity index (χ2v) is 15.0. The van der Waals surface area contributed by atoms with Gasteiger partial charge in [0.1, 0.15) is 0 Å². The van der Waals surface area contributed by atoms with E-state index in [-0.39, 0.29) is 23.6 Å². The van der Waals surface area contributed by atoms with Gasteiger partial charge in [-0.25, -0.2) is 10.0 Å². The topological polar surface area (TPSA) is 112 Å². The van der Waals surface area contributed by atoms with Crippen molar-refractivity contribution < 1.29 is 23.6 Å². The molecule has 0 radical (unpaired) electrons. The van der Waals surface area contributed by atoms with Crippen LogP contribution in [0.3, 0.4) is 0 Å². The van der Waals surface area contributed by atoms with Gasteiger partial charge in [0.05, 0.1) is 23.6 Å². The molecule has 0 spiro atoms. The third kappa shape index (κ3) is 13.1. The second-order valence-electron chi connectivity index (χ2n) is 14.6. The van der Waals surface area contributed by atoms with Crippen LogP contribution in [0.1, 0.15) is 107 Å². The summed E-state index contributed by atoms with van der Waals surface area (Å²) in [5, 5.41) is 3.31. The fourth-order valence-corrected chi connectivity index (χ4v) is 5.16. The molecule has 0 saturated heterocycles. The number of nitrogens with zero attached hydrogens (tertiary/aromatic N) is 2. The molecule has 0 aliphatic rings. The van der Waals surface area contributed by atoms with E-state index < -0.39 is 11.1 Å². The summed E-state index contributed by atoms with van der Waals surface area (Å²) in [6, 6.07) is 32.2. The first-order chi connectivity index (χ1) is 25.4. The Labute approximate surface area is 324 Å². The van der Waals surface area contributed by atoms with Crippen molar-refractivity contribution in [3.63, 3.8) is 0 Å². The lowest BCUT2D eigenvalue weighted by molar-refractivity contribution is 0.0357. The number of carbonyl (C=O) groups is 4. The van der Waals surface area contributed by atoms with Crippen molar-refractivity contribution in [1.82, 2.24) is 20.9 Å². The van der Waals surface area contributed by atoms with Crippen LogP contribution >= 0.6 is 11.6 Å². The van der Waals surface area contributed by atoms with E-state index in [1.54, 1.807) is 73.2 Å². The molecule has 0 fully saturated rings. The van der Waals surface area contributed by atoms with Gasteiger partial charge in [0.25, 0.3) is 23.6 Å². The standard InChI is InChI=1S/C22H28N2O2.C18H19ClN2O2.C4H4O/c1-7-17-8-10-18(11-9-17)20(25)23-24(22(4,5)6)21(26)19-13-15(2)12-16(3)14-19;1-18(2,3)21(17(23)14-7-5-4-6-8-14)20-16(22)13-9-11-15(19)12-10-13;1-2-4-5-3-1/h8-14H,7H2,1-6H3,(H,23,25);4-12H,1-3H3,(H,20,22);1-4H. The number of aryl methyl sites for hydroxylation is 3. The number of halogens is 1. The molecule has 0 unspecified atom stereocenters. The zero-order valence-corrected chi connectivity index (χ0v) is 33.3. The predicted molar refractivity (Wildman–Crippen MR) is 215 cm³/mol. The zero-order chi connectivity index (χ0) is 40.1. The highest BCUT2D eigenvalue weighted by molar-refractivity contribution is 6.30. The maximum atomic E-state index is 13.1. The Morgan fingerprint density at radius 1 is 0.574 bits per heavy atom. The number of benzene rings is 4. The van der Waals surface area contributed by atoms with E-state index in [9.17, 15) is 19.2 Å². The molecule has 0 saturated carbocycles. The molecule has 0 aliphatic heterocycles. The molecule has 0 atom stereocenters. The van der Waals surface area contributed by atoms with E-state index >= 15 is 0 Å². The normalized spacial score (nSPS) is 10.8. The Morgan fingerprint density at radius 2 is 1.00 bits per heavy atom. The van der Waals surface area contributed by atoms with Crippen molar-refractivity contribution in [2.24, 2.45) is 0 Å². The number of rotatable bonds is 5. The summed E-state index contributed by atoms with van der Waals surface area (Å²) < 4.78 is 4.58. The Bertz CT molecular complexity index is 1930. The van der Waals surface area contributed by atoms with Gasteiger partial charge in [0.15, 0.2) is 0 Å². The monoisotopic (exact) mass is 750 g/mol. The summed E-state index contributed by atoms with van der Waals surface area (Å²) in [5.74, 6) is -1.13. The molecule has 2 N–H and O–H groups in total. The number of nitrogens with one attached hydrogen (secondary N) is 2. The third-order valence-corrected chi connectivity index (χ3v) is 8.07. The minimum atomic E-state index is -0.574. The lowest BCUT2D eigenvalue weighted by Gasteiger charge is -2.35. The fourth-order valence-electron chi connectivity index (χ4n) is 5.04. The molecule has 4 amide bonds. The van der Waals surface area contributed by atoms with Crippen LogP contribution in [0, 0.1) is 13.8 Å².